The number of carboxylic acid groups (broad SMARTS) is 1. The molecule has 0 aliphatic carbocycles. The predicted octanol–water partition coefficient (Wildman–Crippen LogP) is 1.17. The molecule has 5 nitrogen and oxygen atoms in total. The number of nitrogens with zero attached hydrogens (tertiary/aromatic N) is 1. The fourth-order valence-corrected chi connectivity index (χ4v) is 2.04. The Morgan fingerprint density at radius 1 is 1.39 bits per heavy atom. The molecular weight excluding hydrogens is 252 g/mol. The van der Waals surface area contributed by atoms with E-state index in [2.05, 4.69) is 6.92 Å². The van der Waals surface area contributed by atoms with Crippen LogP contribution in [0.4, 0.5) is 5.69 Å². The third kappa shape index (κ3) is 3.48. The van der Waals surface area contributed by atoms with Crippen molar-refractivity contribution in [2.24, 2.45) is 5.73 Å². The van der Waals surface area contributed by atoms with Crippen LogP contribution in [-0.4, -0.2) is 35.8 Å². The van der Waals surface area contributed by atoms with E-state index in [4.69, 9.17) is 10.8 Å². The summed E-state index contributed by atoms with van der Waals surface area (Å²) >= 11 is 1.69. The lowest BCUT2D eigenvalue weighted by Crippen LogP contribution is -2.46. The van der Waals surface area contributed by atoms with E-state index in [1.807, 2.05) is 12.1 Å². The molecule has 98 valence electrons. The number of hydrogen-bond acceptors (Lipinski definition) is 4. The maximum absolute atomic E-state index is 11.7. The van der Waals surface area contributed by atoms with E-state index in [0.29, 0.717) is 5.69 Å². The van der Waals surface area contributed by atoms with Gasteiger partial charge in [-0.3, -0.25) is 4.79 Å². The number of likely N-dealkylation sites (N-methyl/N-ethyl adjacent to an activating group) is 1. The van der Waals surface area contributed by atoms with Crippen LogP contribution in [0.2, 0.25) is 0 Å². The van der Waals surface area contributed by atoms with Crippen molar-refractivity contribution in [1.82, 2.24) is 0 Å². The highest BCUT2D eigenvalue weighted by Gasteiger charge is 2.25. The van der Waals surface area contributed by atoms with E-state index in [1.165, 1.54) is 11.9 Å². The van der Waals surface area contributed by atoms with Crippen LogP contribution in [0.5, 0.6) is 0 Å². The Hall–Kier alpha value is -1.53. The summed E-state index contributed by atoms with van der Waals surface area (Å²) in [5, 5.41) is 8.69. The van der Waals surface area contributed by atoms with Crippen LogP contribution < -0.4 is 10.6 Å². The van der Waals surface area contributed by atoms with Crippen LogP contribution in [0.25, 0.3) is 0 Å². The van der Waals surface area contributed by atoms with Crippen LogP contribution in [-0.2, 0) is 9.59 Å². The van der Waals surface area contributed by atoms with Gasteiger partial charge in [-0.15, -0.1) is 11.8 Å². The molecule has 1 aromatic carbocycles. The summed E-state index contributed by atoms with van der Waals surface area (Å²) in [4.78, 5) is 24.7. The first-order valence-corrected chi connectivity index (χ1v) is 6.44. The lowest BCUT2D eigenvalue weighted by Gasteiger charge is -2.19. The van der Waals surface area contributed by atoms with Gasteiger partial charge >= 0.3 is 5.97 Å². The third-order valence-electron chi connectivity index (χ3n) is 2.40. The lowest BCUT2D eigenvalue weighted by atomic mass is 10.2. The second-order valence-corrected chi connectivity index (χ2v) is 4.98. The van der Waals surface area contributed by atoms with Crippen molar-refractivity contribution in [3.63, 3.8) is 0 Å². The second kappa shape index (κ2) is 6.42. The minimum Gasteiger partial charge on any atom is -0.480 e. The number of carboxylic acids is 1. The Bertz CT molecular complexity index is 433. The standard InChI is InChI=1S/C12H16N2O3S/c1-3-18-9-6-4-8(5-7-9)14(2)11(15)10(13)12(16)17/h4-7,10H,3,13H2,1-2H3,(H,16,17). The minimum absolute atomic E-state index is 0.622. The number of amides is 1. The molecule has 18 heavy (non-hydrogen) atoms. The largest absolute Gasteiger partial charge is 0.480 e. The van der Waals surface area contributed by atoms with Gasteiger partial charge in [-0.2, -0.15) is 0 Å². The van der Waals surface area contributed by atoms with Crippen LogP contribution in [0.15, 0.2) is 29.2 Å². The molecule has 0 bridgehead atoms. The maximum atomic E-state index is 11.7. The summed E-state index contributed by atoms with van der Waals surface area (Å²) in [5.74, 6) is -0.999. The molecule has 6 heteroatoms. The normalized spacial score (nSPS) is 11.9. The predicted molar refractivity (Wildman–Crippen MR) is 71.9 cm³/mol. The van der Waals surface area contributed by atoms with Crippen molar-refractivity contribution < 1.29 is 14.7 Å². The molecular formula is C12H16N2O3S. The van der Waals surface area contributed by atoms with Gasteiger partial charge in [0.25, 0.3) is 5.91 Å². The van der Waals surface area contributed by atoms with Crippen molar-refractivity contribution in [3.05, 3.63) is 24.3 Å². The number of thioether (sulfide) groups is 1. The van der Waals surface area contributed by atoms with E-state index in [-0.39, 0.29) is 0 Å². The molecule has 0 spiro atoms. The van der Waals surface area contributed by atoms with E-state index >= 15 is 0 Å². The molecule has 0 radical (unpaired) electrons. The topological polar surface area (TPSA) is 83.6 Å². The maximum Gasteiger partial charge on any atom is 0.330 e. The molecule has 0 saturated carbocycles. The Kier molecular flexibility index (Phi) is 5.18. The molecule has 0 saturated heterocycles. The van der Waals surface area contributed by atoms with Crippen molar-refractivity contribution in [3.8, 4) is 0 Å². The van der Waals surface area contributed by atoms with E-state index < -0.39 is 17.9 Å². The Balaban J connectivity index is 2.80. The SMILES string of the molecule is CCSc1ccc(N(C)C(=O)C(N)C(=O)O)cc1. The Morgan fingerprint density at radius 3 is 2.39 bits per heavy atom. The lowest BCUT2D eigenvalue weighted by molar-refractivity contribution is -0.142. The van der Waals surface area contributed by atoms with Gasteiger partial charge in [-0.1, -0.05) is 6.92 Å². The zero-order chi connectivity index (χ0) is 13.7. The average molecular weight is 268 g/mol. The number of carbonyl (C=O) groups excluding carboxylic acids is 1. The molecule has 0 aliphatic rings. The number of anilines is 1. The second-order valence-electron chi connectivity index (χ2n) is 3.64. The van der Waals surface area contributed by atoms with Gasteiger partial charge in [-0.25, -0.2) is 4.79 Å². The zero-order valence-electron chi connectivity index (χ0n) is 10.3. The van der Waals surface area contributed by atoms with Crippen LogP contribution in [0.3, 0.4) is 0 Å². The molecule has 1 atom stereocenters. The van der Waals surface area contributed by atoms with E-state index in [0.717, 1.165) is 10.6 Å². The summed E-state index contributed by atoms with van der Waals surface area (Å²) < 4.78 is 0. The van der Waals surface area contributed by atoms with Crippen molar-refractivity contribution >= 4 is 29.3 Å². The average Bonchev–Trinajstić information content (AvgIpc) is 2.37. The number of nitrogens with two attached hydrogens (primary N) is 1. The summed E-state index contributed by atoms with van der Waals surface area (Å²) in [6.45, 7) is 2.06. The van der Waals surface area contributed by atoms with Crippen molar-refractivity contribution in [2.75, 3.05) is 17.7 Å². The molecule has 1 rings (SSSR count). The van der Waals surface area contributed by atoms with E-state index in [1.54, 1.807) is 23.9 Å². The van der Waals surface area contributed by atoms with Crippen LogP contribution in [0, 0.1) is 0 Å². The third-order valence-corrected chi connectivity index (χ3v) is 3.29. The molecule has 1 amide bonds. The molecule has 3 N–H and O–H groups in total. The van der Waals surface area contributed by atoms with Gasteiger partial charge in [-0.05, 0) is 30.0 Å². The number of carbonyl (C=O) groups is 2. The van der Waals surface area contributed by atoms with Gasteiger partial charge in [0.2, 0.25) is 0 Å². The summed E-state index contributed by atoms with van der Waals surface area (Å²) in [7, 11) is 1.51. The molecule has 1 aromatic rings. The fraction of sp³-hybridized carbons (Fsp3) is 0.333. The van der Waals surface area contributed by atoms with Crippen molar-refractivity contribution in [2.45, 2.75) is 17.9 Å². The first kappa shape index (κ1) is 14.5. The first-order chi connectivity index (χ1) is 8.47. The number of aliphatic carboxylic acids is 1. The molecule has 1 unspecified atom stereocenters. The summed E-state index contributed by atoms with van der Waals surface area (Å²) in [6, 6.07) is 5.79. The number of rotatable bonds is 5. The Morgan fingerprint density at radius 2 is 1.94 bits per heavy atom. The highest BCUT2D eigenvalue weighted by molar-refractivity contribution is 7.99. The fourth-order valence-electron chi connectivity index (χ4n) is 1.37. The molecule has 0 aromatic heterocycles. The van der Waals surface area contributed by atoms with Gasteiger partial charge in [0, 0.05) is 17.6 Å². The highest BCUT2D eigenvalue weighted by atomic mass is 32.2. The zero-order valence-corrected chi connectivity index (χ0v) is 11.1. The quantitative estimate of drug-likeness (QED) is 0.618. The Labute approximate surface area is 110 Å². The molecule has 0 fully saturated rings. The number of benzene rings is 1. The first-order valence-electron chi connectivity index (χ1n) is 5.46. The molecule has 0 heterocycles. The monoisotopic (exact) mass is 268 g/mol. The summed E-state index contributed by atoms with van der Waals surface area (Å²) in [6.07, 6.45) is 0. The van der Waals surface area contributed by atoms with Gasteiger partial charge < -0.3 is 15.7 Å². The van der Waals surface area contributed by atoms with Gasteiger partial charge in [0.05, 0.1) is 0 Å². The smallest absolute Gasteiger partial charge is 0.330 e. The van der Waals surface area contributed by atoms with Crippen LogP contribution >= 0.6 is 11.8 Å². The van der Waals surface area contributed by atoms with E-state index in [9.17, 15) is 9.59 Å². The molecule has 0 aliphatic heterocycles. The highest BCUT2D eigenvalue weighted by Crippen LogP contribution is 2.21. The minimum atomic E-state index is -1.53. The van der Waals surface area contributed by atoms with Gasteiger partial charge in [0.1, 0.15) is 0 Å². The van der Waals surface area contributed by atoms with Crippen LogP contribution in [0.1, 0.15) is 6.92 Å². The van der Waals surface area contributed by atoms with Gasteiger partial charge in [0.15, 0.2) is 6.04 Å². The summed E-state index contributed by atoms with van der Waals surface area (Å²) in [5.41, 5.74) is 5.90. The number of hydrogen-bond donors (Lipinski definition) is 2. The van der Waals surface area contributed by atoms with Crippen molar-refractivity contribution in [1.29, 1.82) is 0 Å².